The summed E-state index contributed by atoms with van der Waals surface area (Å²) in [4.78, 5) is 0. The lowest BCUT2D eigenvalue weighted by Crippen LogP contribution is -2.25. The second-order valence-electron chi connectivity index (χ2n) is 4.79. The van der Waals surface area contributed by atoms with Gasteiger partial charge in [-0.2, -0.15) is 0 Å². The lowest BCUT2D eigenvalue weighted by atomic mass is 10.2. The van der Waals surface area contributed by atoms with Gasteiger partial charge in [-0.1, -0.05) is 15.9 Å². The van der Waals surface area contributed by atoms with Gasteiger partial charge < -0.3 is 19.5 Å². The first-order valence-electron chi connectivity index (χ1n) is 7.06. The van der Waals surface area contributed by atoms with Gasteiger partial charge in [-0.25, -0.2) is 0 Å². The average molecular weight is 344 g/mol. The normalized spacial score (nSPS) is 18.2. The highest BCUT2D eigenvalue weighted by atomic mass is 79.9. The molecule has 1 unspecified atom stereocenters. The van der Waals surface area contributed by atoms with Crippen LogP contribution in [0.5, 0.6) is 11.5 Å². The number of halogens is 1. The molecule has 1 aromatic carbocycles. The molecule has 1 fully saturated rings. The number of hydrogen-bond acceptors (Lipinski definition) is 4. The minimum atomic E-state index is 0.360. The van der Waals surface area contributed by atoms with Crippen LogP contribution in [0.2, 0.25) is 0 Å². The van der Waals surface area contributed by atoms with Crippen molar-refractivity contribution in [3.8, 4) is 11.5 Å². The maximum atomic E-state index is 5.60. The highest BCUT2D eigenvalue weighted by Gasteiger charge is 2.15. The van der Waals surface area contributed by atoms with E-state index < -0.39 is 0 Å². The minimum Gasteiger partial charge on any atom is -0.493 e. The molecule has 1 N–H and O–H groups in total. The summed E-state index contributed by atoms with van der Waals surface area (Å²) < 4.78 is 17.6. The van der Waals surface area contributed by atoms with E-state index in [-0.39, 0.29) is 0 Å². The van der Waals surface area contributed by atoms with Crippen molar-refractivity contribution in [2.24, 2.45) is 0 Å². The molecule has 0 spiro atoms. The third kappa shape index (κ3) is 4.11. The van der Waals surface area contributed by atoms with E-state index in [9.17, 15) is 0 Å². The topological polar surface area (TPSA) is 39.7 Å². The van der Waals surface area contributed by atoms with E-state index in [2.05, 4.69) is 21.2 Å². The number of rotatable bonds is 7. The Morgan fingerprint density at radius 2 is 2.25 bits per heavy atom. The average Bonchev–Trinajstić information content (AvgIpc) is 2.94. The van der Waals surface area contributed by atoms with Crippen LogP contribution in [0.25, 0.3) is 0 Å². The molecule has 1 aliphatic rings. The van der Waals surface area contributed by atoms with Crippen molar-refractivity contribution in [3.63, 3.8) is 0 Å². The van der Waals surface area contributed by atoms with Crippen LogP contribution in [-0.4, -0.2) is 33.0 Å². The summed E-state index contributed by atoms with van der Waals surface area (Å²) in [6.07, 6.45) is 2.69. The van der Waals surface area contributed by atoms with Gasteiger partial charge in [-0.3, -0.25) is 0 Å². The monoisotopic (exact) mass is 343 g/mol. The molecule has 0 bridgehead atoms. The fourth-order valence-electron chi connectivity index (χ4n) is 2.31. The standard InChI is InChI=1S/C15H22BrNO3/c1-3-19-15-8-13(16)11(7-14(15)18-2)9-17-10-12-5-4-6-20-12/h7-8,12,17H,3-6,9-10H2,1-2H3. The van der Waals surface area contributed by atoms with E-state index in [4.69, 9.17) is 14.2 Å². The van der Waals surface area contributed by atoms with Crippen molar-refractivity contribution in [2.75, 3.05) is 26.9 Å². The molecular weight excluding hydrogens is 322 g/mol. The zero-order valence-corrected chi connectivity index (χ0v) is 13.7. The van der Waals surface area contributed by atoms with E-state index in [0.717, 1.165) is 47.7 Å². The van der Waals surface area contributed by atoms with Crippen molar-refractivity contribution < 1.29 is 14.2 Å². The molecule has 1 aromatic rings. The third-order valence-electron chi connectivity index (χ3n) is 3.34. The second kappa shape index (κ2) is 7.86. The molecule has 1 aliphatic heterocycles. The zero-order valence-electron chi connectivity index (χ0n) is 12.1. The maximum Gasteiger partial charge on any atom is 0.162 e. The highest BCUT2D eigenvalue weighted by molar-refractivity contribution is 9.10. The highest BCUT2D eigenvalue weighted by Crippen LogP contribution is 2.33. The number of nitrogens with one attached hydrogen (secondary N) is 1. The Bertz CT molecular complexity index is 433. The van der Waals surface area contributed by atoms with Crippen molar-refractivity contribution in [1.82, 2.24) is 5.32 Å². The lowest BCUT2D eigenvalue weighted by molar-refractivity contribution is 0.110. The summed E-state index contributed by atoms with van der Waals surface area (Å²) in [5, 5.41) is 3.44. The molecule has 112 valence electrons. The molecule has 0 aromatic heterocycles. The van der Waals surface area contributed by atoms with E-state index in [1.165, 1.54) is 6.42 Å². The SMILES string of the molecule is CCOc1cc(Br)c(CNCC2CCCO2)cc1OC. The molecule has 5 heteroatoms. The molecule has 1 saturated heterocycles. The quantitative estimate of drug-likeness (QED) is 0.825. The van der Waals surface area contributed by atoms with Gasteiger partial charge in [0.1, 0.15) is 0 Å². The molecule has 0 amide bonds. The summed E-state index contributed by atoms with van der Waals surface area (Å²) in [5.74, 6) is 1.54. The van der Waals surface area contributed by atoms with Crippen molar-refractivity contribution >= 4 is 15.9 Å². The molecule has 20 heavy (non-hydrogen) atoms. The van der Waals surface area contributed by atoms with Gasteiger partial charge in [0, 0.05) is 24.2 Å². The molecular formula is C15H22BrNO3. The molecule has 0 aliphatic carbocycles. The van der Waals surface area contributed by atoms with Crippen LogP contribution in [-0.2, 0) is 11.3 Å². The van der Waals surface area contributed by atoms with E-state index in [1.807, 2.05) is 19.1 Å². The molecule has 4 nitrogen and oxygen atoms in total. The Hall–Kier alpha value is -0.780. The maximum absolute atomic E-state index is 5.60. The fraction of sp³-hybridized carbons (Fsp3) is 0.600. The third-order valence-corrected chi connectivity index (χ3v) is 4.08. The summed E-state index contributed by atoms with van der Waals surface area (Å²) >= 11 is 3.59. The van der Waals surface area contributed by atoms with Crippen LogP contribution < -0.4 is 14.8 Å². The fourth-order valence-corrected chi connectivity index (χ4v) is 2.78. The smallest absolute Gasteiger partial charge is 0.162 e. The van der Waals surface area contributed by atoms with E-state index in [0.29, 0.717) is 12.7 Å². The number of hydrogen-bond donors (Lipinski definition) is 1. The number of ether oxygens (including phenoxy) is 3. The van der Waals surface area contributed by atoms with Crippen LogP contribution in [0.1, 0.15) is 25.3 Å². The summed E-state index contributed by atoms with van der Waals surface area (Å²) in [6, 6.07) is 3.98. The second-order valence-corrected chi connectivity index (χ2v) is 5.65. The Kier molecular flexibility index (Phi) is 6.13. The van der Waals surface area contributed by atoms with Crippen LogP contribution >= 0.6 is 15.9 Å². The van der Waals surface area contributed by atoms with Crippen LogP contribution in [0.4, 0.5) is 0 Å². The zero-order chi connectivity index (χ0) is 14.4. The minimum absolute atomic E-state index is 0.360. The van der Waals surface area contributed by atoms with Crippen LogP contribution in [0, 0.1) is 0 Å². The van der Waals surface area contributed by atoms with Gasteiger partial charge in [-0.15, -0.1) is 0 Å². The van der Waals surface area contributed by atoms with E-state index >= 15 is 0 Å². The van der Waals surface area contributed by atoms with Gasteiger partial charge in [0.05, 0.1) is 19.8 Å². The first-order chi connectivity index (χ1) is 9.74. The van der Waals surface area contributed by atoms with Gasteiger partial charge >= 0.3 is 0 Å². The Morgan fingerprint density at radius 1 is 1.40 bits per heavy atom. The van der Waals surface area contributed by atoms with Gasteiger partial charge in [0.25, 0.3) is 0 Å². The van der Waals surface area contributed by atoms with Gasteiger partial charge in [0.2, 0.25) is 0 Å². The summed E-state index contributed by atoms with van der Waals surface area (Å²) in [5.41, 5.74) is 1.16. The first kappa shape index (κ1) is 15.6. The van der Waals surface area contributed by atoms with Gasteiger partial charge in [-0.05, 0) is 37.5 Å². The molecule has 1 heterocycles. The van der Waals surface area contributed by atoms with Gasteiger partial charge in [0.15, 0.2) is 11.5 Å². The Morgan fingerprint density at radius 3 is 2.90 bits per heavy atom. The molecule has 1 atom stereocenters. The Labute approximate surface area is 128 Å². The Balaban J connectivity index is 1.95. The largest absolute Gasteiger partial charge is 0.493 e. The number of methoxy groups -OCH3 is 1. The lowest BCUT2D eigenvalue weighted by Gasteiger charge is -2.15. The summed E-state index contributed by atoms with van der Waals surface area (Å²) in [7, 11) is 1.66. The van der Waals surface area contributed by atoms with Crippen LogP contribution in [0.3, 0.4) is 0 Å². The predicted octanol–water partition coefficient (Wildman–Crippen LogP) is 3.13. The van der Waals surface area contributed by atoms with Crippen molar-refractivity contribution in [2.45, 2.75) is 32.4 Å². The molecule has 0 radical (unpaired) electrons. The van der Waals surface area contributed by atoms with Crippen molar-refractivity contribution in [1.29, 1.82) is 0 Å². The van der Waals surface area contributed by atoms with E-state index in [1.54, 1.807) is 7.11 Å². The molecule has 2 rings (SSSR count). The van der Waals surface area contributed by atoms with Crippen LogP contribution in [0.15, 0.2) is 16.6 Å². The summed E-state index contributed by atoms with van der Waals surface area (Å²) in [6.45, 7) is 5.15. The van der Waals surface area contributed by atoms with Crippen molar-refractivity contribution in [3.05, 3.63) is 22.2 Å². The first-order valence-corrected chi connectivity index (χ1v) is 7.85. The number of benzene rings is 1. The predicted molar refractivity (Wildman–Crippen MR) is 82.5 cm³/mol. The molecule has 0 saturated carbocycles.